The van der Waals surface area contributed by atoms with E-state index in [1.165, 1.54) is 6.07 Å². The van der Waals surface area contributed by atoms with E-state index in [1.54, 1.807) is 6.07 Å². The van der Waals surface area contributed by atoms with Crippen LogP contribution in [0, 0.1) is 16.0 Å². The van der Waals surface area contributed by atoms with Gasteiger partial charge in [-0.25, -0.2) is 4.98 Å². The number of piperidine rings is 1. The van der Waals surface area contributed by atoms with E-state index in [2.05, 4.69) is 4.98 Å². The van der Waals surface area contributed by atoms with Crippen LogP contribution in [0.3, 0.4) is 0 Å². The van der Waals surface area contributed by atoms with Gasteiger partial charge in [0.25, 0.3) is 0 Å². The molecule has 2 rings (SSSR count). The van der Waals surface area contributed by atoms with Gasteiger partial charge >= 0.3 is 11.7 Å². The van der Waals surface area contributed by atoms with Gasteiger partial charge in [0, 0.05) is 25.6 Å². The number of rotatable bonds is 5. The number of aromatic nitrogens is 1. The molecule has 1 aromatic heterocycles. The number of hydrogen-bond donors (Lipinski definition) is 2. The number of nitro groups is 1. The zero-order valence-corrected chi connectivity index (χ0v) is 11.6. The maximum Gasteiger partial charge on any atom is 0.311 e. The standard InChI is InChI=1S/C13H18N4O4/c14-13-10(17(20)21)4-5-11(15-13)16-7-1-2-9(8-16)3-6-12(18)19/h4-5,9H,1-3,6-8H2,(H2,14,15)(H,18,19). The van der Waals surface area contributed by atoms with Crippen LogP contribution in [0.2, 0.25) is 0 Å². The number of carboxylic acid groups (broad SMARTS) is 1. The monoisotopic (exact) mass is 294 g/mol. The van der Waals surface area contributed by atoms with Crippen LogP contribution in [0.4, 0.5) is 17.3 Å². The summed E-state index contributed by atoms with van der Waals surface area (Å²) in [5.74, 6) is 0.0289. The molecule has 0 aromatic carbocycles. The summed E-state index contributed by atoms with van der Waals surface area (Å²) in [5, 5.41) is 19.5. The number of carbonyl (C=O) groups is 1. The van der Waals surface area contributed by atoms with Gasteiger partial charge in [0.15, 0.2) is 0 Å². The van der Waals surface area contributed by atoms with Gasteiger partial charge in [-0.3, -0.25) is 14.9 Å². The number of nitrogens with zero attached hydrogens (tertiary/aromatic N) is 3. The first-order chi connectivity index (χ1) is 9.97. The van der Waals surface area contributed by atoms with Crippen molar-refractivity contribution in [1.82, 2.24) is 4.98 Å². The highest BCUT2D eigenvalue weighted by atomic mass is 16.6. The summed E-state index contributed by atoms with van der Waals surface area (Å²) in [7, 11) is 0. The van der Waals surface area contributed by atoms with Crippen molar-refractivity contribution in [2.45, 2.75) is 25.7 Å². The molecule has 1 fully saturated rings. The van der Waals surface area contributed by atoms with Crippen LogP contribution in [0.15, 0.2) is 12.1 Å². The Morgan fingerprint density at radius 1 is 1.57 bits per heavy atom. The molecule has 0 spiro atoms. The van der Waals surface area contributed by atoms with Crippen LogP contribution in [0.1, 0.15) is 25.7 Å². The predicted molar refractivity (Wildman–Crippen MR) is 77.1 cm³/mol. The zero-order valence-electron chi connectivity index (χ0n) is 11.6. The average Bonchev–Trinajstić information content (AvgIpc) is 2.45. The third-order valence-corrected chi connectivity index (χ3v) is 3.69. The van der Waals surface area contributed by atoms with Crippen LogP contribution in [0.5, 0.6) is 0 Å². The average molecular weight is 294 g/mol. The molecule has 21 heavy (non-hydrogen) atoms. The van der Waals surface area contributed by atoms with Crippen molar-refractivity contribution in [2.75, 3.05) is 23.7 Å². The van der Waals surface area contributed by atoms with E-state index in [-0.39, 0.29) is 17.9 Å². The van der Waals surface area contributed by atoms with E-state index >= 15 is 0 Å². The first kappa shape index (κ1) is 15.0. The minimum absolute atomic E-state index is 0.0924. The smallest absolute Gasteiger partial charge is 0.311 e. The maximum atomic E-state index is 10.7. The van der Waals surface area contributed by atoms with E-state index in [0.29, 0.717) is 24.7 Å². The van der Waals surface area contributed by atoms with Gasteiger partial charge in [-0.2, -0.15) is 0 Å². The predicted octanol–water partition coefficient (Wildman–Crippen LogP) is 1.65. The highest BCUT2D eigenvalue weighted by Crippen LogP contribution is 2.28. The molecule has 3 N–H and O–H groups in total. The molecule has 1 aliphatic rings. The van der Waals surface area contributed by atoms with Gasteiger partial charge in [-0.1, -0.05) is 0 Å². The molecule has 1 unspecified atom stereocenters. The number of pyridine rings is 1. The number of nitrogens with two attached hydrogens (primary N) is 1. The minimum Gasteiger partial charge on any atom is -0.481 e. The molecule has 0 saturated carbocycles. The summed E-state index contributed by atoms with van der Waals surface area (Å²) >= 11 is 0. The molecule has 1 atom stereocenters. The lowest BCUT2D eigenvalue weighted by atomic mass is 9.93. The number of aliphatic carboxylic acids is 1. The Morgan fingerprint density at radius 3 is 2.95 bits per heavy atom. The fourth-order valence-corrected chi connectivity index (χ4v) is 2.62. The van der Waals surface area contributed by atoms with E-state index in [9.17, 15) is 14.9 Å². The van der Waals surface area contributed by atoms with Crippen molar-refractivity contribution >= 4 is 23.3 Å². The van der Waals surface area contributed by atoms with Crippen molar-refractivity contribution < 1.29 is 14.8 Å². The molecule has 8 heteroatoms. The quantitative estimate of drug-likeness (QED) is 0.625. The molecule has 0 radical (unpaired) electrons. The molecule has 1 aromatic rings. The molecule has 0 aliphatic carbocycles. The lowest BCUT2D eigenvalue weighted by Gasteiger charge is -2.33. The Kier molecular flexibility index (Phi) is 4.56. The van der Waals surface area contributed by atoms with Crippen LogP contribution < -0.4 is 10.6 Å². The largest absolute Gasteiger partial charge is 0.481 e. The van der Waals surface area contributed by atoms with Crippen molar-refractivity contribution in [2.24, 2.45) is 5.92 Å². The van der Waals surface area contributed by atoms with E-state index < -0.39 is 10.9 Å². The maximum absolute atomic E-state index is 10.7. The highest BCUT2D eigenvalue weighted by molar-refractivity contribution is 5.66. The van der Waals surface area contributed by atoms with Gasteiger partial charge in [-0.05, 0) is 31.2 Å². The molecule has 1 saturated heterocycles. The topological polar surface area (TPSA) is 123 Å². The SMILES string of the molecule is Nc1nc(N2CCCC(CCC(=O)O)C2)ccc1[N+](=O)[O-]. The Balaban J connectivity index is 2.05. The Labute approximate surface area is 121 Å². The second kappa shape index (κ2) is 6.38. The third-order valence-electron chi connectivity index (χ3n) is 3.69. The molecule has 0 amide bonds. The van der Waals surface area contributed by atoms with Crippen molar-refractivity contribution in [3.63, 3.8) is 0 Å². The van der Waals surface area contributed by atoms with Crippen LogP contribution in [0.25, 0.3) is 0 Å². The number of anilines is 2. The van der Waals surface area contributed by atoms with Crippen molar-refractivity contribution in [1.29, 1.82) is 0 Å². The normalized spacial score (nSPS) is 18.5. The second-order valence-corrected chi connectivity index (χ2v) is 5.22. The highest BCUT2D eigenvalue weighted by Gasteiger charge is 2.23. The van der Waals surface area contributed by atoms with Gasteiger partial charge in [0.2, 0.25) is 5.82 Å². The number of nitrogen functional groups attached to an aromatic ring is 1. The van der Waals surface area contributed by atoms with Crippen molar-refractivity contribution in [3.8, 4) is 0 Å². The first-order valence-electron chi connectivity index (χ1n) is 6.85. The summed E-state index contributed by atoms with van der Waals surface area (Å²) in [5.41, 5.74) is 5.41. The van der Waals surface area contributed by atoms with E-state index in [1.807, 2.05) is 4.90 Å². The van der Waals surface area contributed by atoms with Gasteiger partial charge in [0.1, 0.15) is 5.82 Å². The molecule has 8 nitrogen and oxygen atoms in total. The van der Waals surface area contributed by atoms with Gasteiger partial charge in [-0.15, -0.1) is 0 Å². The molecule has 0 bridgehead atoms. The number of hydrogen-bond acceptors (Lipinski definition) is 6. The summed E-state index contributed by atoms with van der Waals surface area (Å²) in [6, 6.07) is 2.95. The summed E-state index contributed by atoms with van der Waals surface area (Å²) < 4.78 is 0. The lowest BCUT2D eigenvalue weighted by Crippen LogP contribution is -2.36. The summed E-state index contributed by atoms with van der Waals surface area (Å²) in [4.78, 5) is 26.9. The fraction of sp³-hybridized carbons (Fsp3) is 0.538. The molecule has 114 valence electrons. The zero-order chi connectivity index (χ0) is 15.4. The van der Waals surface area contributed by atoms with Crippen molar-refractivity contribution in [3.05, 3.63) is 22.2 Å². The fourth-order valence-electron chi connectivity index (χ4n) is 2.62. The van der Waals surface area contributed by atoms with Gasteiger partial charge in [0.05, 0.1) is 4.92 Å². The lowest BCUT2D eigenvalue weighted by molar-refractivity contribution is -0.384. The molecular weight excluding hydrogens is 276 g/mol. The van der Waals surface area contributed by atoms with Crippen LogP contribution in [-0.2, 0) is 4.79 Å². The van der Waals surface area contributed by atoms with Crippen LogP contribution >= 0.6 is 0 Å². The van der Waals surface area contributed by atoms with Gasteiger partial charge < -0.3 is 15.7 Å². The summed E-state index contributed by atoms with van der Waals surface area (Å²) in [6.45, 7) is 1.51. The van der Waals surface area contributed by atoms with E-state index in [4.69, 9.17) is 10.8 Å². The molecular formula is C13H18N4O4. The number of carboxylic acids is 1. The minimum atomic E-state index is -0.787. The molecule has 2 heterocycles. The summed E-state index contributed by atoms with van der Waals surface area (Å²) in [6.07, 6.45) is 2.73. The Hall–Kier alpha value is -2.38. The Morgan fingerprint density at radius 2 is 2.33 bits per heavy atom. The van der Waals surface area contributed by atoms with Crippen LogP contribution in [-0.4, -0.2) is 34.1 Å². The van der Waals surface area contributed by atoms with E-state index in [0.717, 1.165) is 19.4 Å². The second-order valence-electron chi connectivity index (χ2n) is 5.22. The Bertz CT molecular complexity index is 549. The third kappa shape index (κ3) is 3.80. The molecule has 1 aliphatic heterocycles. The first-order valence-corrected chi connectivity index (χ1v) is 6.85.